The molecular weight excluding hydrogens is 218 g/mol. The number of hydrogen-bond donors (Lipinski definition) is 1. The van der Waals surface area contributed by atoms with Gasteiger partial charge in [-0.1, -0.05) is 30.3 Å². The molecule has 0 saturated carbocycles. The minimum Gasteiger partial charge on any atom is -0.461 e. The molecule has 0 aliphatic heterocycles. The molecule has 0 heterocycles. The smallest absolute Gasteiger partial charge is 0.306 e. The second-order valence-electron chi connectivity index (χ2n) is 3.87. The summed E-state index contributed by atoms with van der Waals surface area (Å²) in [6.45, 7) is 2.15. The quantitative estimate of drug-likeness (QED) is 0.577. The van der Waals surface area contributed by atoms with Crippen molar-refractivity contribution in [3.63, 3.8) is 0 Å². The fourth-order valence-electron chi connectivity index (χ4n) is 1.34. The second kappa shape index (κ2) is 7.44. The highest BCUT2D eigenvalue weighted by Gasteiger charge is 2.06. The number of carbonyl (C=O) groups excluding carboxylic acids is 2. The summed E-state index contributed by atoms with van der Waals surface area (Å²) >= 11 is 0. The second-order valence-corrected chi connectivity index (χ2v) is 3.87. The predicted octanol–water partition coefficient (Wildman–Crippen LogP) is 1.64. The van der Waals surface area contributed by atoms with E-state index in [-0.39, 0.29) is 12.0 Å². The first-order valence-corrected chi connectivity index (χ1v) is 5.61. The van der Waals surface area contributed by atoms with Gasteiger partial charge in [-0.05, 0) is 18.9 Å². The topological polar surface area (TPSA) is 55.4 Å². The van der Waals surface area contributed by atoms with E-state index in [1.807, 2.05) is 37.3 Å². The molecule has 0 aliphatic rings. The van der Waals surface area contributed by atoms with Crippen molar-refractivity contribution < 1.29 is 14.3 Å². The van der Waals surface area contributed by atoms with Crippen LogP contribution in [-0.4, -0.2) is 18.4 Å². The van der Waals surface area contributed by atoms with Gasteiger partial charge in [-0.3, -0.25) is 9.59 Å². The molecule has 0 radical (unpaired) electrons. The van der Waals surface area contributed by atoms with Gasteiger partial charge in [-0.25, -0.2) is 0 Å². The summed E-state index contributed by atoms with van der Waals surface area (Å²) in [5.74, 6) is -0.242. The number of ether oxygens (including phenoxy) is 1. The van der Waals surface area contributed by atoms with Crippen molar-refractivity contribution in [3.05, 3.63) is 35.9 Å². The minimum atomic E-state index is -0.242. The zero-order chi connectivity index (χ0) is 12.5. The van der Waals surface area contributed by atoms with Crippen LogP contribution in [0.4, 0.5) is 0 Å². The lowest BCUT2D eigenvalue weighted by Gasteiger charge is -2.09. The Morgan fingerprint density at radius 3 is 2.76 bits per heavy atom. The molecule has 0 spiro atoms. The summed E-state index contributed by atoms with van der Waals surface area (Å²) in [6, 6.07) is 9.53. The first-order chi connectivity index (χ1) is 8.22. The molecule has 1 atom stereocenters. The number of amides is 1. The maximum Gasteiger partial charge on any atom is 0.306 e. The first-order valence-electron chi connectivity index (χ1n) is 5.61. The number of benzene rings is 1. The SMILES string of the molecule is CC(CCC(=O)OCc1ccccc1)NC=O. The Balaban J connectivity index is 2.19. The van der Waals surface area contributed by atoms with Crippen LogP contribution in [0.5, 0.6) is 0 Å². The van der Waals surface area contributed by atoms with Gasteiger partial charge in [-0.15, -0.1) is 0 Å². The normalized spacial score (nSPS) is 11.6. The van der Waals surface area contributed by atoms with Crippen molar-refractivity contribution in [3.8, 4) is 0 Å². The molecule has 0 aliphatic carbocycles. The molecule has 4 heteroatoms. The molecule has 4 nitrogen and oxygen atoms in total. The lowest BCUT2D eigenvalue weighted by Crippen LogP contribution is -2.25. The van der Waals surface area contributed by atoms with Crippen LogP contribution in [0.2, 0.25) is 0 Å². The Hall–Kier alpha value is -1.84. The van der Waals surface area contributed by atoms with Crippen LogP contribution in [-0.2, 0) is 20.9 Å². The Bertz CT molecular complexity index is 351. The molecule has 0 fully saturated rings. The summed E-state index contributed by atoms with van der Waals surface area (Å²) in [5.41, 5.74) is 0.972. The summed E-state index contributed by atoms with van der Waals surface area (Å²) in [7, 11) is 0. The maximum absolute atomic E-state index is 11.4. The minimum absolute atomic E-state index is 0.00299. The van der Waals surface area contributed by atoms with E-state index >= 15 is 0 Å². The molecule has 92 valence electrons. The average Bonchev–Trinajstić information content (AvgIpc) is 2.35. The van der Waals surface area contributed by atoms with Gasteiger partial charge in [0.25, 0.3) is 0 Å². The summed E-state index contributed by atoms with van der Waals surface area (Å²) in [4.78, 5) is 21.5. The summed E-state index contributed by atoms with van der Waals surface area (Å²) in [6.07, 6.45) is 1.54. The van der Waals surface area contributed by atoms with Crippen LogP contribution in [0.3, 0.4) is 0 Å². The van der Waals surface area contributed by atoms with Crippen molar-refractivity contribution in [1.82, 2.24) is 5.32 Å². The summed E-state index contributed by atoms with van der Waals surface area (Å²) in [5, 5.41) is 2.59. The highest BCUT2D eigenvalue weighted by molar-refractivity contribution is 5.69. The van der Waals surface area contributed by atoms with E-state index in [1.165, 1.54) is 0 Å². The Morgan fingerprint density at radius 2 is 2.12 bits per heavy atom. The van der Waals surface area contributed by atoms with E-state index in [2.05, 4.69) is 5.32 Å². The Kier molecular flexibility index (Phi) is 5.79. The number of rotatable bonds is 7. The van der Waals surface area contributed by atoms with Crippen molar-refractivity contribution >= 4 is 12.4 Å². The van der Waals surface area contributed by atoms with Crippen LogP contribution in [0.15, 0.2) is 30.3 Å². The molecule has 0 saturated heterocycles. The molecular formula is C13H17NO3. The fourth-order valence-corrected chi connectivity index (χ4v) is 1.34. The van der Waals surface area contributed by atoms with Crippen LogP contribution in [0, 0.1) is 0 Å². The van der Waals surface area contributed by atoms with Crippen LogP contribution >= 0.6 is 0 Å². The molecule has 1 N–H and O–H groups in total. The number of carbonyl (C=O) groups is 2. The maximum atomic E-state index is 11.4. The Morgan fingerprint density at radius 1 is 1.41 bits per heavy atom. The zero-order valence-corrected chi connectivity index (χ0v) is 9.89. The summed E-state index contributed by atoms with van der Waals surface area (Å²) < 4.78 is 5.10. The lowest BCUT2D eigenvalue weighted by molar-refractivity contribution is -0.145. The molecule has 1 amide bonds. The third-order valence-corrected chi connectivity index (χ3v) is 2.38. The van der Waals surface area contributed by atoms with Gasteiger partial charge in [0.05, 0.1) is 0 Å². The van der Waals surface area contributed by atoms with Crippen LogP contribution in [0.25, 0.3) is 0 Å². The molecule has 1 aromatic rings. The van der Waals surface area contributed by atoms with Crippen molar-refractivity contribution in [2.45, 2.75) is 32.4 Å². The van der Waals surface area contributed by atoms with Crippen molar-refractivity contribution in [2.75, 3.05) is 0 Å². The van der Waals surface area contributed by atoms with E-state index in [1.54, 1.807) is 0 Å². The number of hydrogen-bond acceptors (Lipinski definition) is 3. The molecule has 1 aromatic carbocycles. The van der Waals surface area contributed by atoms with Crippen LogP contribution < -0.4 is 5.32 Å². The van der Waals surface area contributed by atoms with Gasteiger partial charge in [0.1, 0.15) is 6.61 Å². The predicted molar refractivity (Wildman–Crippen MR) is 64.1 cm³/mol. The average molecular weight is 235 g/mol. The number of nitrogens with one attached hydrogen (secondary N) is 1. The van der Waals surface area contributed by atoms with E-state index in [9.17, 15) is 9.59 Å². The standard InChI is InChI=1S/C13H17NO3/c1-11(14-10-15)7-8-13(16)17-9-12-5-3-2-4-6-12/h2-6,10-11H,7-9H2,1H3,(H,14,15). The third-order valence-electron chi connectivity index (χ3n) is 2.38. The monoisotopic (exact) mass is 235 g/mol. The van der Waals surface area contributed by atoms with Gasteiger partial charge in [0.15, 0.2) is 0 Å². The third kappa shape index (κ3) is 5.70. The molecule has 0 aromatic heterocycles. The van der Waals surface area contributed by atoms with E-state index in [0.29, 0.717) is 25.9 Å². The highest BCUT2D eigenvalue weighted by atomic mass is 16.5. The van der Waals surface area contributed by atoms with E-state index < -0.39 is 0 Å². The largest absolute Gasteiger partial charge is 0.461 e. The first kappa shape index (κ1) is 13.2. The van der Waals surface area contributed by atoms with Crippen molar-refractivity contribution in [1.29, 1.82) is 0 Å². The van der Waals surface area contributed by atoms with Gasteiger partial charge in [0, 0.05) is 12.5 Å². The van der Waals surface area contributed by atoms with Gasteiger partial charge in [-0.2, -0.15) is 0 Å². The van der Waals surface area contributed by atoms with Crippen LogP contribution in [0.1, 0.15) is 25.3 Å². The molecule has 1 unspecified atom stereocenters. The zero-order valence-electron chi connectivity index (χ0n) is 9.89. The molecule has 1 rings (SSSR count). The highest BCUT2D eigenvalue weighted by Crippen LogP contribution is 2.03. The molecule has 17 heavy (non-hydrogen) atoms. The number of esters is 1. The molecule has 0 bridgehead atoms. The van der Waals surface area contributed by atoms with E-state index in [4.69, 9.17) is 4.74 Å². The Labute approximate surface area is 101 Å². The van der Waals surface area contributed by atoms with E-state index in [0.717, 1.165) is 5.56 Å². The lowest BCUT2D eigenvalue weighted by atomic mass is 10.2. The van der Waals surface area contributed by atoms with Gasteiger partial charge >= 0.3 is 5.97 Å². The van der Waals surface area contributed by atoms with Crippen molar-refractivity contribution in [2.24, 2.45) is 0 Å². The fraction of sp³-hybridized carbons (Fsp3) is 0.385. The van der Waals surface area contributed by atoms with Gasteiger partial charge in [0.2, 0.25) is 6.41 Å². The van der Waals surface area contributed by atoms with Gasteiger partial charge < -0.3 is 10.1 Å².